The van der Waals surface area contributed by atoms with Crippen molar-refractivity contribution in [3.63, 3.8) is 0 Å². The second-order valence-corrected chi connectivity index (χ2v) is 6.68. The SMILES string of the molecule is O=C(Nc1cnc(Oc2ccccc2)nc1)C1(c2ccccc2)CCOCC1. The molecule has 6 nitrogen and oxygen atoms in total. The van der Waals surface area contributed by atoms with Crippen molar-refractivity contribution < 1.29 is 14.3 Å². The van der Waals surface area contributed by atoms with E-state index in [0.717, 1.165) is 5.56 Å². The van der Waals surface area contributed by atoms with Crippen molar-refractivity contribution >= 4 is 11.6 Å². The first-order chi connectivity index (χ1) is 13.8. The molecular formula is C22H21N3O3. The lowest BCUT2D eigenvalue weighted by Gasteiger charge is -2.36. The van der Waals surface area contributed by atoms with Crippen LogP contribution >= 0.6 is 0 Å². The maximum Gasteiger partial charge on any atom is 0.322 e. The predicted octanol–water partition coefficient (Wildman–Crippen LogP) is 3.96. The summed E-state index contributed by atoms with van der Waals surface area (Å²) in [5.74, 6) is 0.590. The van der Waals surface area contributed by atoms with Crippen molar-refractivity contribution in [2.75, 3.05) is 18.5 Å². The highest BCUT2D eigenvalue weighted by atomic mass is 16.5. The van der Waals surface area contributed by atoms with Gasteiger partial charge in [0.2, 0.25) is 5.91 Å². The lowest BCUT2D eigenvalue weighted by molar-refractivity contribution is -0.125. The molecule has 1 aromatic heterocycles. The van der Waals surface area contributed by atoms with E-state index in [0.29, 0.717) is 37.5 Å². The van der Waals surface area contributed by atoms with Crippen LogP contribution in [0.4, 0.5) is 5.69 Å². The highest BCUT2D eigenvalue weighted by molar-refractivity contribution is 5.99. The van der Waals surface area contributed by atoms with Gasteiger partial charge < -0.3 is 14.8 Å². The first kappa shape index (κ1) is 18.1. The molecule has 28 heavy (non-hydrogen) atoms. The van der Waals surface area contributed by atoms with E-state index in [-0.39, 0.29) is 11.9 Å². The Kier molecular flexibility index (Phi) is 5.30. The molecule has 0 unspecified atom stereocenters. The van der Waals surface area contributed by atoms with Gasteiger partial charge in [-0.3, -0.25) is 4.79 Å². The van der Waals surface area contributed by atoms with E-state index in [1.54, 1.807) is 12.4 Å². The fourth-order valence-corrected chi connectivity index (χ4v) is 3.40. The van der Waals surface area contributed by atoms with E-state index < -0.39 is 5.41 Å². The number of anilines is 1. The van der Waals surface area contributed by atoms with E-state index in [1.165, 1.54) is 0 Å². The molecule has 3 aromatic rings. The third kappa shape index (κ3) is 3.87. The minimum absolute atomic E-state index is 0.0673. The average Bonchev–Trinajstić information content (AvgIpc) is 2.77. The third-order valence-corrected chi connectivity index (χ3v) is 4.95. The second kappa shape index (κ2) is 8.19. The number of para-hydroxylation sites is 1. The summed E-state index contributed by atoms with van der Waals surface area (Å²) in [5.41, 5.74) is 0.923. The molecule has 0 saturated carbocycles. The first-order valence-electron chi connectivity index (χ1n) is 9.26. The summed E-state index contributed by atoms with van der Waals surface area (Å²) in [6.45, 7) is 1.12. The molecule has 6 heteroatoms. The number of amides is 1. The zero-order valence-corrected chi connectivity index (χ0v) is 15.4. The van der Waals surface area contributed by atoms with E-state index >= 15 is 0 Å². The summed E-state index contributed by atoms with van der Waals surface area (Å²) in [5, 5.41) is 2.97. The Morgan fingerprint density at radius 2 is 1.54 bits per heavy atom. The van der Waals surface area contributed by atoms with Crippen molar-refractivity contribution in [1.29, 1.82) is 0 Å². The van der Waals surface area contributed by atoms with Crippen LogP contribution in [0.2, 0.25) is 0 Å². The number of aromatic nitrogens is 2. The molecule has 1 fully saturated rings. The molecule has 1 N–H and O–H groups in total. The summed E-state index contributed by atoms with van der Waals surface area (Å²) < 4.78 is 11.1. The monoisotopic (exact) mass is 375 g/mol. The lowest BCUT2D eigenvalue weighted by Crippen LogP contribution is -2.44. The molecule has 0 atom stereocenters. The van der Waals surface area contributed by atoms with Crippen LogP contribution in [0, 0.1) is 0 Å². The lowest BCUT2D eigenvalue weighted by atomic mass is 9.73. The van der Waals surface area contributed by atoms with E-state index in [9.17, 15) is 4.79 Å². The van der Waals surface area contributed by atoms with Crippen LogP contribution in [-0.4, -0.2) is 29.1 Å². The van der Waals surface area contributed by atoms with Crippen molar-refractivity contribution in [2.45, 2.75) is 18.3 Å². The molecule has 2 aromatic carbocycles. The number of nitrogens with zero attached hydrogens (tertiary/aromatic N) is 2. The highest BCUT2D eigenvalue weighted by Crippen LogP contribution is 2.36. The zero-order valence-electron chi connectivity index (χ0n) is 15.4. The maximum absolute atomic E-state index is 13.2. The molecule has 1 aliphatic heterocycles. The van der Waals surface area contributed by atoms with Crippen molar-refractivity contribution in [3.8, 4) is 11.8 Å². The van der Waals surface area contributed by atoms with Gasteiger partial charge in [-0.25, -0.2) is 9.97 Å². The zero-order chi connectivity index (χ0) is 19.2. The Labute approximate surface area is 163 Å². The molecule has 1 aliphatic rings. The number of ether oxygens (including phenoxy) is 2. The fraction of sp³-hybridized carbons (Fsp3) is 0.227. The normalized spacial score (nSPS) is 15.6. The van der Waals surface area contributed by atoms with Crippen LogP contribution in [0.5, 0.6) is 11.8 Å². The van der Waals surface area contributed by atoms with E-state index in [1.807, 2.05) is 60.7 Å². The van der Waals surface area contributed by atoms with Gasteiger partial charge in [-0.2, -0.15) is 0 Å². The van der Waals surface area contributed by atoms with E-state index in [4.69, 9.17) is 9.47 Å². The fourth-order valence-electron chi connectivity index (χ4n) is 3.40. The summed E-state index contributed by atoms with van der Waals surface area (Å²) in [7, 11) is 0. The Morgan fingerprint density at radius 1 is 0.929 bits per heavy atom. The smallest absolute Gasteiger partial charge is 0.322 e. The van der Waals surface area contributed by atoms with Gasteiger partial charge in [-0.15, -0.1) is 0 Å². The van der Waals surface area contributed by atoms with Gasteiger partial charge in [0.15, 0.2) is 0 Å². The molecule has 0 spiro atoms. The summed E-state index contributed by atoms with van der Waals surface area (Å²) in [4.78, 5) is 21.6. The number of benzene rings is 2. The third-order valence-electron chi connectivity index (χ3n) is 4.95. The van der Waals surface area contributed by atoms with Gasteiger partial charge in [0.25, 0.3) is 0 Å². The van der Waals surface area contributed by atoms with Gasteiger partial charge in [0, 0.05) is 13.2 Å². The first-order valence-corrected chi connectivity index (χ1v) is 9.26. The van der Waals surface area contributed by atoms with Crippen LogP contribution < -0.4 is 10.1 Å². The highest BCUT2D eigenvalue weighted by Gasteiger charge is 2.41. The Balaban J connectivity index is 1.50. The van der Waals surface area contributed by atoms with E-state index in [2.05, 4.69) is 15.3 Å². The standard InChI is InChI=1S/C22H21N3O3/c26-20(22(11-13-27-14-12-22)17-7-3-1-4-8-17)25-18-15-23-21(24-16-18)28-19-9-5-2-6-10-19/h1-10,15-16H,11-14H2,(H,25,26). The minimum atomic E-state index is -0.612. The van der Waals surface area contributed by atoms with Gasteiger partial charge in [0.05, 0.1) is 23.5 Å². The molecule has 0 aliphatic carbocycles. The number of nitrogens with one attached hydrogen (secondary N) is 1. The van der Waals surface area contributed by atoms with Gasteiger partial charge in [0.1, 0.15) is 5.75 Å². The Bertz CT molecular complexity index is 909. The van der Waals surface area contributed by atoms with Gasteiger partial charge in [-0.05, 0) is 30.5 Å². The molecule has 0 radical (unpaired) electrons. The van der Waals surface area contributed by atoms with Crippen LogP contribution in [-0.2, 0) is 14.9 Å². The quantitative estimate of drug-likeness (QED) is 0.731. The molecule has 4 rings (SSSR count). The van der Waals surface area contributed by atoms with Gasteiger partial charge in [-0.1, -0.05) is 48.5 Å². The molecule has 1 saturated heterocycles. The molecule has 0 bridgehead atoms. The number of carbonyl (C=O) groups excluding carboxylic acids is 1. The van der Waals surface area contributed by atoms with Crippen LogP contribution in [0.1, 0.15) is 18.4 Å². The van der Waals surface area contributed by atoms with Crippen LogP contribution in [0.3, 0.4) is 0 Å². The van der Waals surface area contributed by atoms with Crippen molar-refractivity contribution in [3.05, 3.63) is 78.6 Å². The second-order valence-electron chi connectivity index (χ2n) is 6.68. The molecule has 2 heterocycles. The molecular weight excluding hydrogens is 354 g/mol. The van der Waals surface area contributed by atoms with Crippen molar-refractivity contribution in [2.24, 2.45) is 0 Å². The Morgan fingerprint density at radius 3 is 2.18 bits per heavy atom. The summed E-state index contributed by atoms with van der Waals surface area (Å²) in [6, 6.07) is 19.4. The maximum atomic E-state index is 13.2. The Hall–Kier alpha value is -3.25. The van der Waals surface area contributed by atoms with Crippen LogP contribution in [0.15, 0.2) is 73.1 Å². The predicted molar refractivity (Wildman–Crippen MR) is 105 cm³/mol. The van der Waals surface area contributed by atoms with Gasteiger partial charge >= 0.3 is 6.01 Å². The number of hydrogen-bond donors (Lipinski definition) is 1. The largest absolute Gasteiger partial charge is 0.424 e. The van der Waals surface area contributed by atoms with Crippen LogP contribution in [0.25, 0.3) is 0 Å². The molecule has 1 amide bonds. The minimum Gasteiger partial charge on any atom is -0.424 e. The number of rotatable bonds is 5. The summed E-state index contributed by atoms with van der Waals surface area (Å²) >= 11 is 0. The average molecular weight is 375 g/mol. The number of carbonyl (C=O) groups is 1. The summed E-state index contributed by atoms with van der Waals surface area (Å²) in [6.07, 6.45) is 4.39. The topological polar surface area (TPSA) is 73.3 Å². The molecule has 142 valence electrons. The van der Waals surface area contributed by atoms with Crippen molar-refractivity contribution in [1.82, 2.24) is 9.97 Å². The number of hydrogen-bond acceptors (Lipinski definition) is 5.